The van der Waals surface area contributed by atoms with Gasteiger partial charge in [-0.1, -0.05) is 26.7 Å². The van der Waals surface area contributed by atoms with Crippen molar-refractivity contribution in [2.24, 2.45) is 0 Å². The molecule has 8 nitrogen and oxygen atoms in total. The second-order valence-corrected chi connectivity index (χ2v) is 5.53. The van der Waals surface area contributed by atoms with Gasteiger partial charge in [0.05, 0.1) is 35.5 Å². The van der Waals surface area contributed by atoms with E-state index in [4.69, 9.17) is 9.47 Å². The molecule has 0 spiro atoms. The predicted molar refractivity (Wildman–Crippen MR) is 90.7 cm³/mol. The highest BCUT2D eigenvalue weighted by Crippen LogP contribution is 2.20. The van der Waals surface area contributed by atoms with E-state index in [0.29, 0.717) is 12.8 Å². The van der Waals surface area contributed by atoms with Crippen LogP contribution in [0.2, 0.25) is 0 Å². The summed E-state index contributed by atoms with van der Waals surface area (Å²) in [6.45, 7) is 3.96. The molecule has 0 aliphatic carbocycles. The number of ether oxygens (including phenoxy) is 2. The van der Waals surface area contributed by atoms with E-state index >= 15 is 0 Å². The van der Waals surface area contributed by atoms with E-state index < -0.39 is 35.0 Å². The lowest BCUT2D eigenvalue weighted by Crippen LogP contribution is -2.19. The third-order valence-electron chi connectivity index (χ3n) is 3.52. The molecule has 0 aliphatic heterocycles. The summed E-state index contributed by atoms with van der Waals surface area (Å²) in [5, 5.41) is 18.6. The lowest BCUT2D eigenvalue weighted by Gasteiger charge is -2.12. The van der Waals surface area contributed by atoms with Gasteiger partial charge < -0.3 is 19.7 Å². The highest BCUT2D eigenvalue weighted by molar-refractivity contribution is 6.09. The summed E-state index contributed by atoms with van der Waals surface area (Å²) in [7, 11) is 0. The lowest BCUT2D eigenvalue weighted by atomic mass is 9.98. The largest absolute Gasteiger partial charge is 0.478 e. The van der Waals surface area contributed by atoms with Crippen molar-refractivity contribution in [2.75, 3.05) is 13.2 Å². The minimum absolute atomic E-state index is 0.0886. The van der Waals surface area contributed by atoms with Crippen LogP contribution in [0, 0.1) is 0 Å². The number of carbonyl (C=O) groups is 4. The first kappa shape index (κ1) is 21.1. The summed E-state index contributed by atoms with van der Waals surface area (Å²) < 4.78 is 9.98. The van der Waals surface area contributed by atoms with Crippen LogP contribution in [-0.4, -0.2) is 47.3 Å². The van der Waals surface area contributed by atoms with E-state index in [1.54, 1.807) is 0 Å². The second kappa shape index (κ2) is 10.2. The van der Waals surface area contributed by atoms with E-state index in [-0.39, 0.29) is 24.3 Å². The average molecular weight is 366 g/mol. The first-order valence-electron chi connectivity index (χ1n) is 8.32. The molecule has 0 saturated carbocycles. The first-order valence-corrected chi connectivity index (χ1v) is 8.32. The Kier molecular flexibility index (Phi) is 8.27. The van der Waals surface area contributed by atoms with E-state index in [1.807, 2.05) is 13.8 Å². The van der Waals surface area contributed by atoms with Crippen LogP contribution in [0.3, 0.4) is 0 Å². The predicted octanol–water partition coefficient (Wildman–Crippen LogP) is 3.00. The minimum atomic E-state index is -1.50. The van der Waals surface area contributed by atoms with Gasteiger partial charge in [0.1, 0.15) is 0 Å². The smallest absolute Gasteiger partial charge is 0.339 e. The Morgan fingerprint density at radius 3 is 1.38 bits per heavy atom. The molecular formula is C18H22O8. The van der Waals surface area contributed by atoms with Gasteiger partial charge >= 0.3 is 23.9 Å². The molecule has 2 N–H and O–H groups in total. The molecule has 0 aromatic heterocycles. The van der Waals surface area contributed by atoms with Gasteiger partial charge in [-0.2, -0.15) is 0 Å². The van der Waals surface area contributed by atoms with Crippen LogP contribution in [0.15, 0.2) is 12.1 Å². The van der Waals surface area contributed by atoms with Crippen LogP contribution in [0.1, 0.15) is 81.0 Å². The Labute approximate surface area is 150 Å². The summed E-state index contributed by atoms with van der Waals surface area (Å²) in [4.78, 5) is 47.2. The molecule has 0 fully saturated rings. The van der Waals surface area contributed by atoms with Gasteiger partial charge in [0.25, 0.3) is 0 Å². The molecule has 0 amide bonds. The molecule has 1 aromatic carbocycles. The molecule has 26 heavy (non-hydrogen) atoms. The third kappa shape index (κ3) is 5.58. The van der Waals surface area contributed by atoms with Gasteiger partial charge in [0, 0.05) is 0 Å². The molecule has 0 aliphatic rings. The molecule has 0 bridgehead atoms. The van der Waals surface area contributed by atoms with Gasteiger partial charge in [-0.15, -0.1) is 0 Å². The standard InChI is InChI=1S/C18H22O8/c1-3-5-7-25-17(23)13-10-14(18(24)26-8-6-4-2)12(16(21)22)9-11(13)15(19)20/h9-10H,3-8H2,1-2H3,(H,19,20)(H,21,22). The average Bonchev–Trinajstić information content (AvgIpc) is 2.60. The highest BCUT2D eigenvalue weighted by atomic mass is 16.5. The lowest BCUT2D eigenvalue weighted by molar-refractivity contribution is 0.0481. The van der Waals surface area contributed by atoms with Crippen LogP contribution in [-0.2, 0) is 9.47 Å². The van der Waals surface area contributed by atoms with Crippen molar-refractivity contribution >= 4 is 23.9 Å². The van der Waals surface area contributed by atoms with Crippen LogP contribution in [0.4, 0.5) is 0 Å². The molecule has 142 valence electrons. The zero-order valence-corrected chi connectivity index (χ0v) is 14.7. The SMILES string of the molecule is CCCCOC(=O)c1cc(C(=O)OCCCC)c(C(=O)O)cc1C(=O)O. The number of hydrogen-bond acceptors (Lipinski definition) is 6. The fourth-order valence-electron chi connectivity index (χ4n) is 2.07. The fraction of sp³-hybridized carbons (Fsp3) is 0.444. The molecule has 0 heterocycles. The Morgan fingerprint density at radius 2 is 1.08 bits per heavy atom. The van der Waals surface area contributed by atoms with Crippen LogP contribution < -0.4 is 0 Å². The molecule has 0 atom stereocenters. The minimum Gasteiger partial charge on any atom is -0.478 e. The van der Waals surface area contributed by atoms with Gasteiger partial charge in [-0.3, -0.25) is 0 Å². The number of carboxylic acids is 2. The topological polar surface area (TPSA) is 127 Å². The van der Waals surface area contributed by atoms with E-state index in [9.17, 15) is 29.4 Å². The number of rotatable bonds is 10. The molecule has 1 aromatic rings. The Bertz CT molecular complexity index is 637. The van der Waals surface area contributed by atoms with Crippen molar-refractivity contribution in [1.82, 2.24) is 0 Å². The van der Waals surface area contributed by atoms with Crippen molar-refractivity contribution in [3.05, 3.63) is 34.4 Å². The number of hydrogen-bond donors (Lipinski definition) is 2. The number of benzene rings is 1. The van der Waals surface area contributed by atoms with Gasteiger partial charge in [-0.05, 0) is 25.0 Å². The van der Waals surface area contributed by atoms with Crippen molar-refractivity contribution < 1.29 is 38.9 Å². The van der Waals surface area contributed by atoms with E-state index in [2.05, 4.69) is 0 Å². The summed E-state index contributed by atoms with van der Waals surface area (Å²) in [5.41, 5.74) is -1.87. The van der Waals surface area contributed by atoms with Crippen molar-refractivity contribution in [1.29, 1.82) is 0 Å². The monoisotopic (exact) mass is 366 g/mol. The molecule has 0 unspecified atom stereocenters. The van der Waals surface area contributed by atoms with Gasteiger partial charge in [-0.25, -0.2) is 19.2 Å². The quantitative estimate of drug-likeness (QED) is 0.478. The van der Waals surface area contributed by atoms with E-state index in [1.165, 1.54) is 0 Å². The van der Waals surface area contributed by atoms with Crippen molar-refractivity contribution in [3.63, 3.8) is 0 Å². The number of carbonyl (C=O) groups excluding carboxylic acids is 2. The Hall–Kier alpha value is -2.90. The zero-order chi connectivity index (χ0) is 19.7. The van der Waals surface area contributed by atoms with Gasteiger partial charge in [0.15, 0.2) is 0 Å². The van der Waals surface area contributed by atoms with E-state index in [0.717, 1.165) is 25.0 Å². The first-order chi connectivity index (χ1) is 12.3. The number of esters is 2. The maximum absolute atomic E-state index is 12.2. The highest BCUT2D eigenvalue weighted by Gasteiger charge is 2.27. The Morgan fingerprint density at radius 1 is 0.731 bits per heavy atom. The normalized spacial score (nSPS) is 10.2. The molecule has 8 heteroatoms. The van der Waals surface area contributed by atoms with Crippen LogP contribution in [0.5, 0.6) is 0 Å². The van der Waals surface area contributed by atoms with Crippen molar-refractivity contribution in [2.45, 2.75) is 39.5 Å². The summed E-state index contributed by atoms with van der Waals surface area (Å²) >= 11 is 0. The van der Waals surface area contributed by atoms with Gasteiger partial charge in [0.2, 0.25) is 0 Å². The molecular weight excluding hydrogens is 344 g/mol. The van der Waals surface area contributed by atoms with Crippen LogP contribution >= 0.6 is 0 Å². The number of carboxylic acid groups (broad SMARTS) is 2. The summed E-state index contributed by atoms with van der Waals surface area (Å²) in [6.07, 6.45) is 2.72. The third-order valence-corrected chi connectivity index (χ3v) is 3.52. The second-order valence-electron chi connectivity index (χ2n) is 5.53. The summed E-state index contributed by atoms with van der Waals surface area (Å²) in [6, 6.07) is 1.69. The maximum Gasteiger partial charge on any atom is 0.339 e. The zero-order valence-electron chi connectivity index (χ0n) is 14.7. The fourth-order valence-corrected chi connectivity index (χ4v) is 2.07. The molecule has 1 rings (SSSR count). The molecule has 0 saturated heterocycles. The number of aromatic carboxylic acids is 2. The maximum atomic E-state index is 12.2. The van der Waals surface area contributed by atoms with Crippen molar-refractivity contribution in [3.8, 4) is 0 Å². The summed E-state index contributed by atoms with van der Waals surface area (Å²) in [5.74, 6) is -4.87. The van der Waals surface area contributed by atoms with Crippen LogP contribution in [0.25, 0.3) is 0 Å². The number of unbranched alkanes of at least 4 members (excludes halogenated alkanes) is 2. The molecule has 0 radical (unpaired) electrons. The Balaban J connectivity index is 3.32.